The van der Waals surface area contributed by atoms with Crippen LogP contribution in [0.1, 0.15) is 89.3 Å². The molecule has 4 aromatic carbocycles. The number of hydrogen-bond acceptors (Lipinski definition) is 12. The van der Waals surface area contributed by atoms with Gasteiger partial charge in [-0.2, -0.15) is 70.7 Å². The average molecular weight is 1250 g/mol. The monoisotopic (exact) mass is 1250 g/mol. The fourth-order valence-corrected chi connectivity index (χ4v) is 11.2. The number of rotatable bonds is 9. The largest absolute Gasteiger partial charge is 0.413 e. The highest BCUT2D eigenvalue weighted by Gasteiger charge is 2.57. The standard InChI is InChI=1S/C23H16Cl2F7NO3S.C23H18Cl2F4N2O2S.CH4.H3NO4S/c24-15-4-13(5-16(25)19(15)26)21(37,23(30,31)32)6-17(34)11-1-2-14-12(3-11)8-36-20(14)9-33(10-20)18(35)7-22(27,28)29;1-21(14-5-16(24)20(26)17(25)6-14)7-18(30-34-21)12-2-3-15-13(4-12)9-33-22(15)10-31(11-22)19(32)8-23(27,28)29;;1-5-6(2,3)4/h1-5,37H,6-10H2;2-6H,7-11H2,1H3;1H4;1H2,(H,2,3,4). The summed E-state index contributed by atoms with van der Waals surface area (Å²) in [6.45, 7) is 2.21. The third kappa shape index (κ3) is 13.5. The van der Waals surface area contributed by atoms with Crippen LogP contribution in [0, 0.1) is 11.6 Å². The zero-order valence-corrected chi connectivity index (χ0v) is 44.5. The maximum Gasteiger partial charge on any atom is 0.413 e. The first-order valence-electron chi connectivity index (χ1n) is 21.9. The number of carbonyl (C=O) groups is 3. The van der Waals surface area contributed by atoms with E-state index >= 15 is 0 Å². The summed E-state index contributed by atoms with van der Waals surface area (Å²) < 4.78 is 187. The third-order valence-corrected chi connectivity index (χ3v) is 16.1. The van der Waals surface area contributed by atoms with E-state index in [4.69, 9.17) is 60.4 Å². The summed E-state index contributed by atoms with van der Waals surface area (Å²) in [6, 6.07) is 14.4. The molecule has 5 aliphatic heterocycles. The Morgan fingerprint density at radius 2 is 1.17 bits per heavy atom. The Hall–Kier alpha value is -4.00. The van der Waals surface area contributed by atoms with Crippen molar-refractivity contribution in [1.82, 2.24) is 9.80 Å². The topological polar surface area (TPSA) is 178 Å². The zero-order valence-electron chi connectivity index (χ0n) is 38.9. The number of ketones is 1. The molecule has 2 amide bonds. The van der Waals surface area contributed by atoms with Crippen molar-refractivity contribution < 1.29 is 89.4 Å². The number of hydrogen-bond donors (Lipinski definition) is 3. The summed E-state index contributed by atoms with van der Waals surface area (Å²) in [4.78, 5) is 38.8. The van der Waals surface area contributed by atoms with Gasteiger partial charge < -0.3 is 19.3 Å². The van der Waals surface area contributed by atoms with Gasteiger partial charge in [0.15, 0.2) is 17.4 Å². The molecule has 0 saturated carbocycles. The summed E-state index contributed by atoms with van der Waals surface area (Å²) in [6.07, 6.45) is -17.9. The van der Waals surface area contributed by atoms with Gasteiger partial charge in [0.25, 0.3) is 0 Å². The van der Waals surface area contributed by atoms with Gasteiger partial charge >= 0.3 is 28.9 Å². The van der Waals surface area contributed by atoms with Crippen LogP contribution >= 0.6 is 71.0 Å². The van der Waals surface area contributed by atoms with E-state index in [0.29, 0.717) is 36.3 Å². The zero-order chi connectivity index (χ0) is 57.2. The van der Waals surface area contributed by atoms with E-state index in [1.54, 1.807) is 12.1 Å². The van der Waals surface area contributed by atoms with Crippen molar-refractivity contribution in [1.29, 1.82) is 0 Å². The molecule has 0 aromatic heterocycles. The first-order chi connectivity index (χ1) is 35.4. The average Bonchev–Trinajstić information content (AvgIpc) is 4.01. The fraction of sp³-hybridized carbons (Fsp3) is 0.404. The third-order valence-electron chi connectivity index (χ3n) is 13.0. The second-order valence-corrected chi connectivity index (χ2v) is 23.1. The van der Waals surface area contributed by atoms with Crippen LogP contribution in [-0.4, -0.2) is 90.8 Å². The highest BCUT2D eigenvalue weighted by Crippen LogP contribution is 2.52. The number of halogens is 15. The van der Waals surface area contributed by atoms with Crippen molar-refractivity contribution in [2.24, 2.45) is 10.3 Å². The predicted molar refractivity (Wildman–Crippen MR) is 268 cm³/mol. The summed E-state index contributed by atoms with van der Waals surface area (Å²) in [5, 5.41) is -1.41. The quantitative estimate of drug-likeness (QED) is 0.0276. The van der Waals surface area contributed by atoms with Crippen molar-refractivity contribution in [3.8, 4) is 0 Å². The van der Waals surface area contributed by atoms with Gasteiger partial charge in [-0.05, 0) is 94.2 Å². The van der Waals surface area contributed by atoms with Crippen molar-refractivity contribution in [2.45, 2.75) is 92.5 Å². The van der Waals surface area contributed by atoms with E-state index in [9.17, 15) is 71.1 Å². The minimum atomic E-state index is -5.06. The molecule has 4 aromatic rings. The first kappa shape index (κ1) is 63.2. The second-order valence-electron chi connectivity index (χ2n) is 18.4. The molecule has 9 rings (SSSR count). The van der Waals surface area contributed by atoms with E-state index < -0.39 is 114 Å². The molecule has 5 aliphatic rings. The predicted octanol–water partition coefficient (Wildman–Crippen LogP) is 12.3. The minimum Gasteiger partial charge on any atom is -0.362 e. The summed E-state index contributed by atoms with van der Waals surface area (Å²) >= 11 is 28.4. The molecule has 0 bridgehead atoms. The highest BCUT2D eigenvalue weighted by atomic mass is 35.5. The number of alkyl halides is 9. The second kappa shape index (κ2) is 22.7. The van der Waals surface area contributed by atoms with Crippen molar-refractivity contribution in [3.63, 3.8) is 0 Å². The van der Waals surface area contributed by atoms with Gasteiger partial charge in [-0.1, -0.05) is 78.1 Å². The smallest absolute Gasteiger partial charge is 0.362 e. The Morgan fingerprint density at radius 1 is 0.744 bits per heavy atom. The van der Waals surface area contributed by atoms with Crippen LogP contribution in [0.2, 0.25) is 20.1 Å². The Kier molecular flexibility index (Phi) is 18.4. The van der Waals surface area contributed by atoms with Crippen LogP contribution in [0.15, 0.2) is 65.1 Å². The SMILES string of the molecule is C.CC1(c2cc(Cl)c(F)c(Cl)c2)CC(c2ccc3c(c2)COC32CN(C(=O)CC(F)(F)F)C2)=NS1.NOS(=O)(=O)O.O=C(CC(S)(c1cc(Cl)c(F)c(Cl)c1)C(F)(F)F)c1ccc2c(c1)COC21CN(C(=O)CC(F)(F)F)C1. The van der Waals surface area contributed by atoms with Gasteiger partial charge in [0.2, 0.25) is 11.8 Å². The van der Waals surface area contributed by atoms with Crippen LogP contribution in [0.5, 0.6) is 0 Å². The van der Waals surface area contributed by atoms with Crippen molar-refractivity contribution >= 4 is 105 Å². The highest BCUT2D eigenvalue weighted by molar-refractivity contribution is 7.99. The molecule has 5 heterocycles. The van der Waals surface area contributed by atoms with Gasteiger partial charge in [-0.25, -0.2) is 13.2 Å². The van der Waals surface area contributed by atoms with Crippen LogP contribution in [0.4, 0.5) is 48.3 Å². The van der Waals surface area contributed by atoms with E-state index in [0.717, 1.165) is 32.9 Å². The number of ether oxygens (including phenoxy) is 2. The molecule has 2 fully saturated rings. The Bertz CT molecular complexity index is 3140. The molecule has 78 heavy (non-hydrogen) atoms. The molecule has 2 atom stereocenters. The van der Waals surface area contributed by atoms with Crippen LogP contribution in [0.25, 0.3) is 0 Å². The minimum absolute atomic E-state index is 0. The summed E-state index contributed by atoms with van der Waals surface area (Å²) in [7, 11) is -4.38. The lowest BCUT2D eigenvalue weighted by Crippen LogP contribution is -2.61. The number of amides is 2. The number of nitrogens with two attached hydrogens (primary N) is 1. The first-order valence-corrected chi connectivity index (χ1v) is 26.0. The van der Waals surface area contributed by atoms with E-state index in [1.165, 1.54) is 35.0 Å². The lowest BCUT2D eigenvalue weighted by atomic mass is 9.83. The van der Waals surface area contributed by atoms with Crippen LogP contribution in [0.3, 0.4) is 0 Å². The normalized spacial score (nSPS) is 19.7. The number of thiol groups is 1. The fourth-order valence-electron chi connectivity index (χ4n) is 9.04. The number of carbonyl (C=O) groups excluding carboxylic acids is 3. The number of Topliss-reactive ketones (excluding diaryl/α,β-unsaturated/α-hetero) is 1. The molecule has 31 heteroatoms. The number of fused-ring (bicyclic) bond motifs is 4. The van der Waals surface area contributed by atoms with Crippen molar-refractivity contribution in [3.05, 3.63) is 137 Å². The number of benzene rings is 4. The summed E-state index contributed by atoms with van der Waals surface area (Å²) in [5.41, 5.74) is 2.82. The van der Waals surface area contributed by atoms with Crippen molar-refractivity contribution in [2.75, 3.05) is 26.2 Å². The molecular weight excluding hydrogens is 1210 g/mol. The van der Waals surface area contributed by atoms with E-state index in [2.05, 4.69) is 27.2 Å². The molecule has 13 nitrogen and oxygen atoms in total. The Labute approximate surface area is 467 Å². The lowest BCUT2D eigenvalue weighted by Gasteiger charge is -2.47. The maximum absolute atomic E-state index is 14.1. The van der Waals surface area contributed by atoms with Gasteiger partial charge in [0, 0.05) is 18.4 Å². The molecule has 0 radical (unpaired) electrons. The van der Waals surface area contributed by atoms with Gasteiger partial charge in [0.05, 0.1) is 69.9 Å². The Balaban J connectivity index is 0.000000226. The maximum atomic E-state index is 14.1. The molecule has 0 aliphatic carbocycles. The van der Waals surface area contributed by atoms with Gasteiger partial charge in [0.1, 0.15) is 28.8 Å². The molecular formula is C47H41Cl4F11N4O9S3. The molecule has 2 unspecified atom stereocenters. The molecule has 2 saturated heterocycles. The molecule has 3 N–H and O–H groups in total. The van der Waals surface area contributed by atoms with E-state index in [-0.39, 0.29) is 55.8 Å². The van der Waals surface area contributed by atoms with Gasteiger partial charge in [-0.3, -0.25) is 18.9 Å². The number of likely N-dealkylation sites (tertiary alicyclic amines) is 2. The Morgan fingerprint density at radius 3 is 1.59 bits per heavy atom. The molecule has 426 valence electrons. The van der Waals surface area contributed by atoms with Gasteiger partial charge in [-0.15, -0.1) is 0 Å². The van der Waals surface area contributed by atoms with Crippen LogP contribution in [-0.2, 0) is 67.7 Å². The molecule has 2 spiro atoms. The lowest BCUT2D eigenvalue weighted by molar-refractivity contribution is -0.186. The van der Waals surface area contributed by atoms with E-state index in [1.807, 2.05) is 25.1 Å². The number of nitrogens with zero attached hydrogens (tertiary/aromatic N) is 3. The summed E-state index contributed by atoms with van der Waals surface area (Å²) in [5.74, 6) is -0.775. The van der Waals surface area contributed by atoms with Crippen LogP contribution < -0.4 is 5.90 Å².